The fourth-order valence-electron chi connectivity index (χ4n) is 10.7. The van der Waals surface area contributed by atoms with Crippen LogP contribution in [-0.2, 0) is 37.3 Å². The summed E-state index contributed by atoms with van der Waals surface area (Å²) < 4.78 is 61.1. The van der Waals surface area contributed by atoms with E-state index in [2.05, 4.69) is 90.1 Å². The highest BCUT2D eigenvalue weighted by Gasteiger charge is 2.64. The zero-order valence-corrected chi connectivity index (χ0v) is 44.9. The van der Waals surface area contributed by atoms with E-state index in [1.807, 2.05) is 109 Å². The van der Waals surface area contributed by atoms with Gasteiger partial charge in [0.15, 0.2) is 18.7 Å². The summed E-state index contributed by atoms with van der Waals surface area (Å²) in [5.41, 5.74) is 0.744. The van der Waals surface area contributed by atoms with E-state index in [1.165, 1.54) is 0 Å². The van der Waals surface area contributed by atoms with Crippen molar-refractivity contribution in [3.8, 4) is 5.75 Å². The summed E-state index contributed by atoms with van der Waals surface area (Å²) in [6, 6.07) is 58.8. The standard InChI is InChI=1S/C58H66O12SSi2/c1-56(2,3)72(42-29-17-9-18-30-42,43-31-19-10-20-32-43)63-38-46-48(59)52(68-55(71)65-41-27-15-8-16-28-41)58(69-46,39-64-73(57(4,5)6,44-33-21-11-22-34-44)45-35-23-12-24-36-45)70-54-50(61)49(60)51-47(66-54)37-62-53(67-51)40-25-13-7-14-26-40/h7-36,46-54,59-61H,37-39H2,1-6H3/t46-,47-,48-,49-,50-,51-,52+,53-,54-,58+/m1/s1. The topological polar surface area (TPSA) is 144 Å². The molecular formula is C58H66O12SSi2. The Morgan fingerprint density at radius 1 is 0.589 bits per heavy atom. The van der Waals surface area contributed by atoms with Crippen molar-refractivity contribution in [2.45, 2.75) is 113 Å². The molecule has 384 valence electrons. The molecule has 9 rings (SSSR count). The molecule has 0 saturated carbocycles. The van der Waals surface area contributed by atoms with Crippen LogP contribution in [0.2, 0.25) is 10.1 Å². The van der Waals surface area contributed by atoms with Crippen molar-refractivity contribution in [1.29, 1.82) is 0 Å². The van der Waals surface area contributed by atoms with Crippen LogP contribution >= 0.6 is 12.2 Å². The number of hydrogen-bond donors (Lipinski definition) is 3. The maximum atomic E-state index is 13.0. The number of hydrogen-bond acceptors (Lipinski definition) is 13. The summed E-state index contributed by atoms with van der Waals surface area (Å²) in [5.74, 6) is -1.76. The molecule has 0 radical (unpaired) electrons. The van der Waals surface area contributed by atoms with Gasteiger partial charge in [-0.25, -0.2) is 0 Å². The van der Waals surface area contributed by atoms with Gasteiger partial charge in [-0.2, -0.15) is 0 Å². The molecule has 3 N–H and O–H groups in total. The van der Waals surface area contributed by atoms with Gasteiger partial charge in [-0.15, -0.1) is 0 Å². The van der Waals surface area contributed by atoms with Crippen molar-refractivity contribution in [2.75, 3.05) is 19.8 Å². The molecule has 12 nitrogen and oxygen atoms in total. The van der Waals surface area contributed by atoms with Crippen LogP contribution < -0.4 is 25.5 Å². The van der Waals surface area contributed by atoms with E-state index in [4.69, 9.17) is 54.2 Å². The predicted octanol–water partition coefficient (Wildman–Crippen LogP) is 6.92. The normalized spacial score (nSPS) is 26.7. The second kappa shape index (κ2) is 22.1. The highest BCUT2D eigenvalue weighted by molar-refractivity contribution is 7.79. The number of para-hydroxylation sites is 1. The molecule has 3 aliphatic rings. The van der Waals surface area contributed by atoms with Crippen molar-refractivity contribution >= 4 is 54.8 Å². The third kappa shape index (κ3) is 10.7. The molecule has 6 aromatic rings. The van der Waals surface area contributed by atoms with E-state index < -0.39 is 94.4 Å². The minimum absolute atomic E-state index is 0.00715. The van der Waals surface area contributed by atoms with Crippen LogP contribution in [0.25, 0.3) is 0 Å². The van der Waals surface area contributed by atoms with Gasteiger partial charge in [0.05, 0.1) is 19.8 Å². The van der Waals surface area contributed by atoms with E-state index in [0.29, 0.717) is 5.75 Å². The number of benzene rings is 6. The quantitative estimate of drug-likeness (QED) is 0.0724. The lowest BCUT2D eigenvalue weighted by Crippen LogP contribution is -2.69. The number of rotatable bonds is 15. The first kappa shape index (κ1) is 52.9. The van der Waals surface area contributed by atoms with Crippen LogP contribution in [0.4, 0.5) is 0 Å². The van der Waals surface area contributed by atoms with Gasteiger partial charge in [-0.3, -0.25) is 0 Å². The van der Waals surface area contributed by atoms with Crippen LogP contribution in [0.3, 0.4) is 0 Å². The second-order valence-corrected chi connectivity index (χ2v) is 29.9. The van der Waals surface area contributed by atoms with Crippen molar-refractivity contribution in [1.82, 2.24) is 0 Å². The number of aliphatic hydroxyl groups is 3. The molecule has 0 aliphatic carbocycles. The molecular weight excluding hydrogens is 977 g/mol. The van der Waals surface area contributed by atoms with Gasteiger partial charge in [0.1, 0.15) is 42.4 Å². The fourth-order valence-corrected chi connectivity index (χ4v) is 20.0. The van der Waals surface area contributed by atoms with Crippen molar-refractivity contribution in [3.05, 3.63) is 188 Å². The zero-order valence-electron chi connectivity index (χ0n) is 42.1. The van der Waals surface area contributed by atoms with Gasteiger partial charge in [0, 0.05) is 17.8 Å². The first-order chi connectivity index (χ1) is 35.1. The van der Waals surface area contributed by atoms with Crippen LogP contribution in [0.5, 0.6) is 5.75 Å². The second-order valence-electron chi connectivity index (χ2n) is 20.9. The third-order valence-corrected chi connectivity index (χ3v) is 24.3. The minimum Gasteiger partial charge on any atom is -0.444 e. The SMILES string of the molecule is CC(C)(C)[Si](OC[C@H]1O[C@@](CO[Si](c2ccccc2)(c2ccccc2)C(C)(C)C)(O[C@H]2O[C@@H]3CO[C@@H](c4ccccc4)O[C@H]3[C@H](O)[C@H]2O)[C@@H](OC(=S)Oc2ccccc2)[C@@H]1O)(c1ccccc1)c1ccccc1. The Balaban J connectivity index is 1.15. The van der Waals surface area contributed by atoms with Crippen molar-refractivity contribution in [2.24, 2.45) is 0 Å². The van der Waals surface area contributed by atoms with Crippen LogP contribution in [-0.4, -0.2) is 112 Å². The summed E-state index contributed by atoms with van der Waals surface area (Å²) in [5, 5.41) is 39.8. The number of fused-ring (bicyclic) bond motifs is 1. The summed E-state index contributed by atoms with van der Waals surface area (Å²) in [6.45, 7) is 12.4. The zero-order chi connectivity index (χ0) is 51.4. The molecule has 0 aromatic heterocycles. The maximum Gasteiger partial charge on any atom is 0.358 e. The Labute approximate surface area is 436 Å². The monoisotopic (exact) mass is 1040 g/mol. The predicted molar refractivity (Wildman–Crippen MR) is 287 cm³/mol. The number of aliphatic hydroxyl groups excluding tert-OH is 3. The van der Waals surface area contributed by atoms with Crippen LogP contribution in [0.1, 0.15) is 53.4 Å². The largest absolute Gasteiger partial charge is 0.444 e. The van der Waals surface area contributed by atoms with E-state index in [-0.39, 0.29) is 18.5 Å². The smallest absolute Gasteiger partial charge is 0.358 e. The number of ether oxygens (including phenoxy) is 7. The maximum absolute atomic E-state index is 13.0. The highest BCUT2D eigenvalue weighted by atomic mass is 32.1. The summed E-state index contributed by atoms with van der Waals surface area (Å²) in [7, 11) is -6.69. The lowest BCUT2D eigenvalue weighted by Gasteiger charge is -2.49. The molecule has 3 heterocycles. The average molecular weight is 1040 g/mol. The van der Waals surface area contributed by atoms with Gasteiger partial charge in [0.2, 0.25) is 5.79 Å². The molecule has 3 fully saturated rings. The lowest BCUT2D eigenvalue weighted by molar-refractivity contribution is -0.404. The van der Waals surface area contributed by atoms with Gasteiger partial charge >= 0.3 is 5.24 Å². The minimum atomic E-state index is -3.44. The van der Waals surface area contributed by atoms with Gasteiger partial charge in [0.25, 0.3) is 16.6 Å². The molecule has 3 aliphatic heterocycles. The fraction of sp³-hybridized carbons (Fsp3) is 0.362. The highest BCUT2D eigenvalue weighted by Crippen LogP contribution is 2.45. The van der Waals surface area contributed by atoms with E-state index in [0.717, 1.165) is 26.3 Å². The van der Waals surface area contributed by atoms with Gasteiger partial charge < -0.3 is 57.3 Å². The van der Waals surface area contributed by atoms with Crippen LogP contribution in [0.15, 0.2) is 182 Å². The van der Waals surface area contributed by atoms with Crippen molar-refractivity contribution in [3.63, 3.8) is 0 Å². The molecule has 73 heavy (non-hydrogen) atoms. The van der Waals surface area contributed by atoms with Gasteiger partial charge in [-0.05, 0) is 43.0 Å². The Morgan fingerprint density at radius 3 is 1.52 bits per heavy atom. The third-order valence-electron chi connectivity index (χ3n) is 14.2. The van der Waals surface area contributed by atoms with Crippen LogP contribution in [0, 0.1) is 0 Å². The Morgan fingerprint density at radius 2 is 1.04 bits per heavy atom. The van der Waals surface area contributed by atoms with E-state index >= 15 is 0 Å². The first-order valence-electron chi connectivity index (χ1n) is 24.9. The first-order valence-corrected chi connectivity index (χ1v) is 29.1. The summed E-state index contributed by atoms with van der Waals surface area (Å²) in [6.07, 6.45) is -11.8. The molecule has 3 saturated heterocycles. The Hall–Kier alpha value is -4.96. The number of thiocarbonyl (C=S) groups is 1. The Bertz CT molecular complexity index is 2620. The summed E-state index contributed by atoms with van der Waals surface area (Å²) >= 11 is 5.83. The van der Waals surface area contributed by atoms with Gasteiger partial charge in [-0.1, -0.05) is 211 Å². The van der Waals surface area contributed by atoms with E-state index in [1.54, 1.807) is 24.3 Å². The molecule has 0 unspecified atom stereocenters. The lowest BCUT2D eigenvalue weighted by atomic mass is 9.97. The molecule has 6 aromatic carbocycles. The average Bonchev–Trinajstić information content (AvgIpc) is 3.64. The molecule has 10 atom stereocenters. The van der Waals surface area contributed by atoms with Crippen molar-refractivity contribution < 1.29 is 57.3 Å². The Kier molecular flexibility index (Phi) is 16.0. The molecule has 0 bridgehead atoms. The molecule has 15 heteroatoms. The summed E-state index contributed by atoms with van der Waals surface area (Å²) in [4.78, 5) is 0. The molecule has 0 spiro atoms. The van der Waals surface area contributed by atoms with E-state index in [9.17, 15) is 15.3 Å². The molecule has 0 amide bonds.